The van der Waals surface area contributed by atoms with Crippen LogP contribution in [0.4, 0.5) is 0 Å². The molecule has 20 heavy (non-hydrogen) atoms. The van der Waals surface area contributed by atoms with Crippen molar-refractivity contribution in [2.75, 3.05) is 7.11 Å². The Hall–Kier alpha value is -2.37. The van der Waals surface area contributed by atoms with Crippen LogP contribution in [-0.2, 0) is 13.1 Å². The van der Waals surface area contributed by atoms with Crippen LogP contribution in [0.15, 0.2) is 18.5 Å². The third-order valence-electron chi connectivity index (χ3n) is 3.42. The highest BCUT2D eigenvalue weighted by Crippen LogP contribution is 2.28. The predicted molar refractivity (Wildman–Crippen MR) is 73.5 cm³/mol. The Morgan fingerprint density at radius 3 is 2.80 bits per heavy atom. The lowest BCUT2D eigenvalue weighted by atomic mass is 10.2. The monoisotopic (exact) mass is 272 g/mol. The molecule has 1 aliphatic heterocycles. The van der Waals surface area contributed by atoms with Gasteiger partial charge in [0.05, 0.1) is 30.6 Å². The number of carbonyl (C=O) groups excluding carboxylic acids is 1. The fraction of sp³-hybridized carbons (Fsp3) is 0.357. The lowest BCUT2D eigenvalue weighted by molar-refractivity contribution is 0.0965. The molecule has 2 aromatic heterocycles. The van der Waals surface area contributed by atoms with Gasteiger partial charge in [0.1, 0.15) is 0 Å². The molecule has 0 spiro atoms. The number of carbonyl (C=O) groups is 1. The predicted octanol–water partition coefficient (Wildman–Crippen LogP) is 1.61. The molecule has 0 saturated carbocycles. The Kier molecular flexibility index (Phi) is 3.14. The number of nitrogens with one attached hydrogen (secondary N) is 1. The molecule has 0 saturated heterocycles. The maximum absolute atomic E-state index is 11.8. The number of nitrogens with zero attached hydrogens (tertiary/aromatic N) is 3. The van der Waals surface area contributed by atoms with Crippen molar-refractivity contribution in [1.82, 2.24) is 19.9 Å². The van der Waals surface area contributed by atoms with E-state index in [0.29, 0.717) is 12.6 Å². The first-order chi connectivity index (χ1) is 9.74. The highest BCUT2D eigenvalue weighted by Gasteiger charge is 2.26. The zero-order chi connectivity index (χ0) is 14.1. The maximum atomic E-state index is 11.8. The Morgan fingerprint density at radius 2 is 2.15 bits per heavy atom. The average Bonchev–Trinajstić information content (AvgIpc) is 3.01. The number of amides is 1. The second-order valence-electron chi connectivity index (χ2n) is 4.68. The molecule has 0 unspecified atom stereocenters. The fourth-order valence-corrected chi connectivity index (χ4v) is 2.51. The number of hydrogen-bond donors (Lipinski definition) is 1. The number of ether oxygens (including phenoxy) is 1. The summed E-state index contributed by atoms with van der Waals surface area (Å²) < 4.78 is 7.13. The summed E-state index contributed by atoms with van der Waals surface area (Å²) in [6, 6.07) is 2.26. The topological polar surface area (TPSA) is 69.0 Å². The summed E-state index contributed by atoms with van der Waals surface area (Å²) in [6.45, 7) is 3.57. The van der Waals surface area contributed by atoms with Gasteiger partial charge in [-0.25, -0.2) is 9.97 Å². The third kappa shape index (κ3) is 1.93. The van der Waals surface area contributed by atoms with Crippen LogP contribution < -0.4 is 10.1 Å². The minimum atomic E-state index is -0.00877. The highest BCUT2D eigenvalue weighted by atomic mass is 16.5. The van der Waals surface area contributed by atoms with E-state index in [1.54, 1.807) is 12.4 Å². The molecule has 0 aromatic carbocycles. The first-order valence-corrected chi connectivity index (χ1v) is 6.61. The average molecular weight is 272 g/mol. The van der Waals surface area contributed by atoms with Gasteiger partial charge in [-0.2, -0.15) is 0 Å². The van der Waals surface area contributed by atoms with E-state index in [2.05, 4.69) is 26.8 Å². The van der Waals surface area contributed by atoms with Gasteiger partial charge in [-0.15, -0.1) is 0 Å². The Labute approximate surface area is 116 Å². The normalized spacial score (nSPS) is 13.2. The standard InChI is InChI=1S/C14H16N4O2/c1-3-4-18-11(5-10-12(18)8-15-13(10)19)9-6-16-14(20-2)17-7-9/h5-7H,3-4,8H2,1-2H3,(H,15,19). The molecule has 2 aromatic rings. The van der Waals surface area contributed by atoms with Crippen molar-refractivity contribution in [1.29, 1.82) is 0 Å². The summed E-state index contributed by atoms with van der Waals surface area (Å²) in [4.78, 5) is 20.1. The van der Waals surface area contributed by atoms with Crippen LogP contribution in [-0.4, -0.2) is 27.6 Å². The maximum Gasteiger partial charge on any atom is 0.316 e. The summed E-state index contributed by atoms with van der Waals surface area (Å²) in [5.74, 6) is -0.00877. The van der Waals surface area contributed by atoms with Gasteiger partial charge in [-0.1, -0.05) is 6.92 Å². The van der Waals surface area contributed by atoms with Crippen molar-refractivity contribution in [3.8, 4) is 17.3 Å². The molecule has 104 valence electrons. The molecule has 6 nitrogen and oxygen atoms in total. The minimum absolute atomic E-state index is 0.00877. The molecule has 1 amide bonds. The number of rotatable bonds is 4. The number of methoxy groups -OCH3 is 1. The summed E-state index contributed by atoms with van der Waals surface area (Å²) in [5.41, 5.74) is 3.67. The van der Waals surface area contributed by atoms with Gasteiger partial charge >= 0.3 is 6.01 Å². The smallest absolute Gasteiger partial charge is 0.316 e. The van der Waals surface area contributed by atoms with Crippen molar-refractivity contribution < 1.29 is 9.53 Å². The van der Waals surface area contributed by atoms with Crippen molar-refractivity contribution >= 4 is 5.91 Å². The highest BCUT2D eigenvalue weighted by molar-refractivity contribution is 5.99. The molecular weight excluding hydrogens is 256 g/mol. The summed E-state index contributed by atoms with van der Waals surface area (Å²) in [6.07, 6.45) is 4.44. The van der Waals surface area contributed by atoms with Crippen molar-refractivity contribution in [3.05, 3.63) is 29.7 Å². The van der Waals surface area contributed by atoms with Gasteiger partial charge in [0.25, 0.3) is 5.91 Å². The molecule has 0 aliphatic carbocycles. The molecule has 1 aliphatic rings. The molecular formula is C14H16N4O2. The molecule has 3 heterocycles. The summed E-state index contributed by atoms with van der Waals surface area (Å²) >= 11 is 0. The quantitative estimate of drug-likeness (QED) is 0.918. The van der Waals surface area contributed by atoms with E-state index in [9.17, 15) is 4.79 Å². The molecule has 0 bridgehead atoms. The summed E-state index contributed by atoms with van der Waals surface area (Å²) in [5, 5.41) is 2.85. The molecule has 0 radical (unpaired) electrons. The van der Waals surface area contributed by atoms with Crippen LogP contribution in [0, 0.1) is 0 Å². The van der Waals surface area contributed by atoms with E-state index in [1.807, 2.05) is 6.07 Å². The molecule has 6 heteroatoms. The number of hydrogen-bond acceptors (Lipinski definition) is 4. The van der Waals surface area contributed by atoms with Crippen LogP contribution >= 0.6 is 0 Å². The van der Waals surface area contributed by atoms with Crippen molar-refractivity contribution in [2.45, 2.75) is 26.4 Å². The fourth-order valence-electron chi connectivity index (χ4n) is 2.51. The Balaban J connectivity index is 2.08. The number of fused-ring (bicyclic) bond motifs is 1. The zero-order valence-electron chi connectivity index (χ0n) is 11.5. The molecule has 3 rings (SSSR count). The van der Waals surface area contributed by atoms with E-state index in [-0.39, 0.29) is 5.91 Å². The van der Waals surface area contributed by atoms with Gasteiger partial charge < -0.3 is 14.6 Å². The van der Waals surface area contributed by atoms with Crippen molar-refractivity contribution in [3.63, 3.8) is 0 Å². The van der Waals surface area contributed by atoms with Gasteiger partial charge in [0.2, 0.25) is 0 Å². The van der Waals surface area contributed by atoms with Crippen LogP contribution in [0.5, 0.6) is 6.01 Å². The van der Waals surface area contributed by atoms with Gasteiger partial charge in [-0.05, 0) is 12.5 Å². The van der Waals surface area contributed by atoms with Crippen LogP contribution in [0.3, 0.4) is 0 Å². The Bertz CT molecular complexity index is 646. The second-order valence-corrected chi connectivity index (χ2v) is 4.68. The minimum Gasteiger partial charge on any atom is -0.467 e. The summed E-state index contributed by atoms with van der Waals surface area (Å²) in [7, 11) is 1.54. The SMILES string of the molecule is CCCn1c(-c2cnc(OC)nc2)cc2c1CNC2=O. The van der Waals surface area contributed by atoms with Gasteiger partial charge in [0.15, 0.2) is 0 Å². The second kappa shape index (κ2) is 4.96. The van der Waals surface area contributed by atoms with E-state index in [1.165, 1.54) is 7.11 Å². The van der Waals surface area contributed by atoms with Crippen LogP contribution in [0.2, 0.25) is 0 Å². The first kappa shape index (κ1) is 12.7. The first-order valence-electron chi connectivity index (χ1n) is 6.61. The third-order valence-corrected chi connectivity index (χ3v) is 3.42. The lowest BCUT2D eigenvalue weighted by Gasteiger charge is -2.11. The van der Waals surface area contributed by atoms with Crippen molar-refractivity contribution in [2.24, 2.45) is 0 Å². The lowest BCUT2D eigenvalue weighted by Crippen LogP contribution is -2.14. The van der Waals surface area contributed by atoms with E-state index < -0.39 is 0 Å². The zero-order valence-corrected chi connectivity index (χ0v) is 11.5. The molecule has 0 atom stereocenters. The molecule has 0 fully saturated rings. The van der Waals surface area contributed by atoms with E-state index in [4.69, 9.17) is 4.74 Å². The van der Waals surface area contributed by atoms with E-state index >= 15 is 0 Å². The number of aromatic nitrogens is 3. The van der Waals surface area contributed by atoms with E-state index in [0.717, 1.165) is 35.5 Å². The van der Waals surface area contributed by atoms with Gasteiger partial charge in [-0.3, -0.25) is 4.79 Å². The Morgan fingerprint density at radius 1 is 1.40 bits per heavy atom. The van der Waals surface area contributed by atoms with Crippen LogP contribution in [0.1, 0.15) is 29.4 Å². The van der Waals surface area contributed by atoms with Gasteiger partial charge in [0, 0.05) is 24.5 Å². The molecule has 1 N–H and O–H groups in total. The largest absolute Gasteiger partial charge is 0.467 e. The van der Waals surface area contributed by atoms with Crippen LogP contribution in [0.25, 0.3) is 11.3 Å².